The molecule has 11 heteroatoms. The third-order valence-corrected chi connectivity index (χ3v) is 8.03. The standard InChI is InChI=1S/C25H20F5N5S/c26-19-9-21(33-11-17-18(12-33)24(17)34-13-31-32-14-34)20(27)8-16(19)10-35-23(25(28,29)30)7-6-22(36-35)15-4-2-1-3-5-15/h1-9,13-14,17-18,24H,10-12H2. The number of benzene rings is 2. The van der Waals surface area contributed by atoms with Crippen molar-refractivity contribution in [3.8, 4) is 0 Å². The number of allylic oxidation sites excluding steroid dienone is 3. The van der Waals surface area contributed by atoms with Gasteiger partial charge in [-0.3, -0.25) is 0 Å². The minimum Gasteiger partial charge on any atom is -0.368 e. The molecular formula is C25H20F5N5S. The van der Waals surface area contributed by atoms with Gasteiger partial charge in [0.25, 0.3) is 0 Å². The van der Waals surface area contributed by atoms with E-state index in [2.05, 4.69) is 10.2 Å². The average Bonchev–Trinajstić information content (AvgIpc) is 3.23. The lowest BCUT2D eigenvalue weighted by Gasteiger charge is -2.31. The molecule has 0 radical (unpaired) electrons. The number of rotatable bonds is 5. The van der Waals surface area contributed by atoms with E-state index in [1.54, 1.807) is 41.8 Å². The fourth-order valence-electron chi connectivity index (χ4n) is 5.13. The van der Waals surface area contributed by atoms with Crippen molar-refractivity contribution in [3.63, 3.8) is 0 Å². The first kappa shape index (κ1) is 23.1. The zero-order valence-electron chi connectivity index (χ0n) is 18.7. The number of aromatic nitrogens is 3. The van der Waals surface area contributed by atoms with E-state index in [0.29, 0.717) is 29.8 Å². The monoisotopic (exact) mass is 517 g/mol. The van der Waals surface area contributed by atoms with Gasteiger partial charge in [-0.15, -0.1) is 10.2 Å². The molecule has 2 fully saturated rings. The van der Waals surface area contributed by atoms with Crippen LogP contribution < -0.4 is 4.90 Å². The maximum atomic E-state index is 15.1. The van der Waals surface area contributed by atoms with E-state index >= 15 is 8.78 Å². The maximum absolute atomic E-state index is 15.1. The molecule has 1 aromatic heterocycles. The first-order valence-corrected chi connectivity index (χ1v) is 12.1. The van der Waals surface area contributed by atoms with Gasteiger partial charge in [-0.25, -0.2) is 8.78 Å². The smallest absolute Gasteiger partial charge is 0.368 e. The van der Waals surface area contributed by atoms with E-state index in [1.807, 2.05) is 10.6 Å². The molecule has 3 aromatic rings. The zero-order valence-corrected chi connectivity index (χ0v) is 19.6. The number of fused-ring (bicyclic) bond motifs is 1. The van der Waals surface area contributed by atoms with Crippen molar-refractivity contribution in [1.29, 1.82) is 0 Å². The van der Waals surface area contributed by atoms with Crippen LogP contribution in [0.2, 0.25) is 0 Å². The Morgan fingerprint density at radius 3 is 2.28 bits per heavy atom. The number of alkyl halides is 3. The molecule has 5 nitrogen and oxygen atoms in total. The van der Waals surface area contributed by atoms with Gasteiger partial charge in [-0.2, -0.15) is 13.2 Å². The molecule has 1 saturated heterocycles. The van der Waals surface area contributed by atoms with Gasteiger partial charge in [0.1, 0.15) is 30.0 Å². The van der Waals surface area contributed by atoms with E-state index in [9.17, 15) is 13.2 Å². The van der Waals surface area contributed by atoms with Crippen LogP contribution in [0.1, 0.15) is 17.2 Å². The molecule has 2 atom stereocenters. The van der Waals surface area contributed by atoms with Gasteiger partial charge in [0.05, 0.1) is 12.2 Å². The van der Waals surface area contributed by atoms with Crippen LogP contribution in [0, 0.1) is 23.5 Å². The Bertz CT molecular complexity index is 1330. The highest BCUT2D eigenvalue weighted by Crippen LogP contribution is 2.56. The van der Waals surface area contributed by atoms with Crippen LogP contribution in [0.25, 0.3) is 4.91 Å². The highest BCUT2D eigenvalue weighted by Gasteiger charge is 2.57. The van der Waals surface area contributed by atoms with Crippen LogP contribution in [-0.4, -0.2) is 38.3 Å². The summed E-state index contributed by atoms with van der Waals surface area (Å²) in [5, 5.41) is 7.64. The Labute approximate surface area is 208 Å². The van der Waals surface area contributed by atoms with Gasteiger partial charge in [0, 0.05) is 47.5 Å². The molecule has 0 spiro atoms. The summed E-state index contributed by atoms with van der Waals surface area (Å²) in [6.45, 7) is 0.693. The number of nitrogens with zero attached hydrogens (tertiary/aromatic N) is 5. The van der Waals surface area contributed by atoms with E-state index in [4.69, 9.17) is 0 Å². The van der Waals surface area contributed by atoms with E-state index in [0.717, 1.165) is 40.0 Å². The summed E-state index contributed by atoms with van der Waals surface area (Å²) >= 11 is 0.858. The molecule has 2 unspecified atom stereocenters. The molecule has 6 rings (SSSR count). The molecule has 0 bridgehead atoms. The van der Waals surface area contributed by atoms with Crippen LogP contribution in [-0.2, 0) is 6.54 Å². The van der Waals surface area contributed by atoms with Crippen LogP contribution >= 0.6 is 11.9 Å². The Hall–Kier alpha value is -3.34. The highest BCUT2D eigenvalue weighted by atomic mass is 32.2. The molecule has 1 saturated carbocycles. The predicted octanol–water partition coefficient (Wildman–Crippen LogP) is 5.81. The first-order chi connectivity index (χ1) is 17.3. The summed E-state index contributed by atoms with van der Waals surface area (Å²) in [6, 6.07) is 11.3. The highest BCUT2D eigenvalue weighted by molar-refractivity contribution is 8.06. The van der Waals surface area contributed by atoms with Gasteiger partial charge in [-0.05, 0) is 35.7 Å². The molecule has 186 valence electrons. The third-order valence-electron chi connectivity index (χ3n) is 6.92. The van der Waals surface area contributed by atoms with Crippen LogP contribution in [0.5, 0.6) is 0 Å². The predicted molar refractivity (Wildman–Crippen MR) is 126 cm³/mol. The Morgan fingerprint density at radius 2 is 1.61 bits per heavy atom. The van der Waals surface area contributed by atoms with Crippen molar-refractivity contribution in [2.24, 2.45) is 11.8 Å². The first-order valence-electron chi connectivity index (χ1n) is 11.4. The topological polar surface area (TPSA) is 37.2 Å². The van der Waals surface area contributed by atoms with Crippen molar-refractivity contribution in [2.45, 2.75) is 18.8 Å². The fraction of sp³-hybridized carbons (Fsp3) is 0.280. The average molecular weight is 518 g/mol. The van der Waals surface area contributed by atoms with E-state index < -0.39 is 30.1 Å². The van der Waals surface area contributed by atoms with E-state index in [1.165, 1.54) is 6.08 Å². The van der Waals surface area contributed by atoms with E-state index in [-0.39, 0.29) is 17.3 Å². The van der Waals surface area contributed by atoms with Crippen molar-refractivity contribution in [3.05, 3.63) is 95.7 Å². The quantitative estimate of drug-likeness (QED) is 0.315. The normalized spacial score (nSPS) is 23.4. The SMILES string of the molecule is Fc1cc(N2CC3C(C2)C3n2cnnc2)c(F)cc1CN1SC(c2ccccc2)=CC=C1C(F)(F)F. The largest absolute Gasteiger partial charge is 0.431 e. The van der Waals surface area contributed by atoms with Gasteiger partial charge in [0.2, 0.25) is 0 Å². The molecule has 1 aliphatic carbocycles. The van der Waals surface area contributed by atoms with Crippen LogP contribution in [0.4, 0.5) is 27.6 Å². The lowest BCUT2D eigenvalue weighted by atomic mass is 10.1. The van der Waals surface area contributed by atoms with Crippen LogP contribution in [0.15, 0.2) is 73.0 Å². The fourth-order valence-corrected chi connectivity index (χ4v) is 6.21. The van der Waals surface area contributed by atoms with Gasteiger partial charge in [-0.1, -0.05) is 30.3 Å². The minimum absolute atomic E-state index is 0.133. The Kier molecular flexibility index (Phi) is 5.55. The van der Waals surface area contributed by atoms with Crippen molar-refractivity contribution in [1.82, 2.24) is 19.1 Å². The van der Waals surface area contributed by atoms with Gasteiger partial charge < -0.3 is 13.8 Å². The summed E-state index contributed by atoms with van der Waals surface area (Å²) < 4.78 is 74.3. The molecule has 0 N–H and O–H groups in total. The second kappa shape index (κ2) is 8.65. The molecule has 3 heterocycles. The zero-order chi connectivity index (χ0) is 25.0. The van der Waals surface area contributed by atoms with Gasteiger partial charge >= 0.3 is 6.18 Å². The molecular weight excluding hydrogens is 497 g/mol. The third kappa shape index (κ3) is 4.15. The van der Waals surface area contributed by atoms with Crippen molar-refractivity contribution >= 4 is 22.5 Å². The number of hydrogen-bond acceptors (Lipinski definition) is 5. The Morgan fingerprint density at radius 1 is 0.917 bits per heavy atom. The van der Waals surface area contributed by atoms with Gasteiger partial charge in [0.15, 0.2) is 0 Å². The Balaban J connectivity index is 1.21. The lowest BCUT2D eigenvalue weighted by Crippen LogP contribution is -2.29. The summed E-state index contributed by atoms with van der Waals surface area (Å²) in [7, 11) is 0. The van der Waals surface area contributed by atoms with Crippen molar-refractivity contribution < 1.29 is 22.0 Å². The molecule has 3 aliphatic rings. The maximum Gasteiger partial charge on any atom is 0.431 e. The van der Waals surface area contributed by atoms with Crippen molar-refractivity contribution in [2.75, 3.05) is 18.0 Å². The number of halogens is 5. The molecule has 2 aromatic carbocycles. The van der Waals surface area contributed by atoms with Crippen LogP contribution in [0.3, 0.4) is 0 Å². The number of anilines is 1. The lowest BCUT2D eigenvalue weighted by molar-refractivity contribution is -0.104. The molecule has 0 amide bonds. The number of piperidine rings is 1. The summed E-state index contributed by atoms with van der Waals surface area (Å²) in [6.07, 6.45) is 1.04. The number of hydrogen-bond donors (Lipinski definition) is 0. The summed E-state index contributed by atoms with van der Waals surface area (Å²) in [4.78, 5) is 2.38. The second-order valence-corrected chi connectivity index (χ2v) is 10.2. The summed E-state index contributed by atoms with van der Waals surface area (Å²) in [5.74, 6) is -0.779. The summed E-state index contributed by atoms with van der Waals surface area (Å²) in [5.41, 5.74) is -0.186. The molecule has 2 aliphatic heterocycles. The second-order valence-electron chi connectivity index (χ2n) is 9.10. The molecule has 36 heavy (non-hydrogen) atoms. The minimum atomic E-state index is -4.64.